The first-order chi connectivity index (χ1) is 29.0. The predicted octanol–water partition coefficient (Wildman–Crippen LogP) is 4.01. The van der Waals surface area contributed by atoms with E-state index >= 15 is 0 Å². The van der Waals surface area contributed by atoms with Crippen LogP contribution in [0.3, 0.4) is 0 Å². The van der Waals surface area contributed by atoms with Gasteiger partial charge in [-0.05, 0) is 80.5 Å². The van der Waals surface area contributed by atoms with E-state index in [0.29, 0.717) is 6.42 Å². The number of benzene rings is 1. The quantitative estimate of drug-likeness (QED) is 0.126. The highest BCUT2D eigenvalue weighted by Gasteiger charge is 2.54. The van der Waals surface area contributed by atoms with E-state index in [4.69, 9.17) is 38.0 Å². The van der Waals surface area contributed by atoms with Crippen LogP contribution in [0.1, 0.15) is 100 Å². The highest BCUT2D eigenvalue weighted by atomic mass is 16.7. The molecule has 0 aliphatic carbocycles. The lowest BCUT2D eigenvalue weighted by atomic mass is 9.73. The fourth-order valence-electron chi connectivity index (χ4n) is 9.52. The van der Waals surface area contributed by atoms with E-state index in [1.165, 1.54) is 20.2 Å². The van der Waals surface area contributed by atoms with Gasteiger partial charge in [-0.3, -0.25) is 9.59 Å². The summed E-state index contributed by atoms with van der Waals surface area (Å²) in [5.41, 5.74) is -3.59. The number of hydrogen-bond acceptors (Lipinski definition) is 16. The van der Waals surface area contributed by atoms with Crippen LogP contribution >= 0.6 is 0 Å². The normalized spacial score (nSPS) is 43.0. The minimum absolute atomic E-state index is 0.0158. The van der Waals surface area contributed by atoms with Gasteiger partial charge in [-0.2, -0.15) is 0 Å². The van der Waals surface area contributed by atoms with Crippen LogP contribution in [0.25, 0.3) is 0 Å². The summed E-state index contributed by atoms with van der Waals surface area (Å²) >= 11 is 0. The number of carbonyl (C=O) groups excluding carboxylic acids is 2. The van der Waals surface area contributed by atoms with E-state index in [9.17, 15) is 30.0 Å². The van der Waals surface area contributed by atoms with Gasteiger partial charge in [-0.1, -0.05) is 63.2 Å². The molecule has 1 aromatic rings. The monoisotopic (exact) mass is 881 g/mol. The summed E-state index contributed by atoms with van der Waals surface area (Å²) in [6.07, 6.45) is -8.08. The van der Waals surface area contributed by atoms with Gasteiger partial charge in [-0.15, -0.1) is 0 Å². The Kier molecular flexibility index (Phi) is 18.5. The first-order valence-electron chi connectivity index (χ1n) is 22.2. The first-order valence-corrected chi connectivity index (χ1v) is 22.2. The number of aliphatic hydroxyl groups is 4. The van der Waals surface area contributed by atoms with Crippen molar-refractivity contribution in [3.8, 4) is 0 Å². The number of rotatable bonds is 13. The molecule has 0 aromatic heterocycles. The van der Waals surface area contributed by atoms with E-state index in [0.717, 1.165) is 5.56 Å². The molecule has 0 unspecified atom stereocenters. The van der Waals surface area contributed by atoms with Crippen molar-refractivity contribution < 1.29 is 68.0 Å². The van der Waals surface area contributed by atoms with Crippen LogP contribution < -0.4 is 0 Å². The smallest absolute Gasteiger partial charge is 0.311 e. The molecule has 4 N–H and O–H groups in total. The third-order valence-electron chi connectivity index (χ3n) is 13.5. The van der Waals surface area contributed by atoms with Crippen molar-refractivity contribution in [1.82, 2.24) is 4.90 Å². The maximum Gasteiger partial charge on any atom is 0.311 e. The van der Waals surface area contributed by atoms with Gasteiger partial charge in [0.15, 0.2) is 12.6 Å². The minimum atomic E-state index is -2.01. The van der Waals surface area contributed by atoms with Crippen LogP contribution in [-0.4, -0.2) is 155 Å². The molecule has 3 heterocycles. The topological polar surface area (TPSA) is 204 Å². The maximum atomic E-state index is 14.4. The van der Waals surface area contributed by atoms with Crippen LogP contribution in [0.4, 0.5) is 0 Å². The number of cyclic esters (lactones) is 1. The van der Waals surface area contributed by atoms with E-state index in [1.807, 2.05) is 63.2 Å². The number of methoxy groups -OCH3 is 1. The molecule has 4 rings (SSSR count). The molecule has 0 radical (unpaired) electrons. The lowest BCUT2D eigenvalue weighted by Gasteiger charge is -2.50. The summed E-state index contributed by atoms with van der Waals surface area (Å²) in [5, 5.41) is 50.5. The number of nitrogens with zero attached hydrogens (tertiary/aromatic N) is 2. The molecule has 3 aliphatic heterocycles. The summed E-state index contributed by atoms with van der Waals surface area (Å²) in [4.78, 5) is 36.3. The number of oxime groups is 1. The number of likely N-dealkylation sites (N-methyl/N-ethyl adjacent to an activating group) is 1. The van der Waals surface area contributed by atoms with Crippen LogP contribution in [0.15, 0.2) is 35.5 Å². The van der Waals surface area contributed by atoms with E-state index < -0.39 is 102 Å². The minimum Gasteiger partial charge on any atom is -0.459 e. The SMILES string of the molecule is CC[C@H]1OC(=O)[C@H](C)[C@@H](O[C@H]2C[C@@](C)(OC)[C@@H](O)[C@H](C)O2)[C@H](C)[C@@H](O[C@@H]2O[C@H](C)C[C@H](N(C)C)[C@H]2O)[C@](C)(OC/C=N/OCc2ccccc2)C[C@@H](C)C(=O)[C@H](C)[C@@H](O)[C@]1(C)O. The van der Waals surface area contributed by atoms with Crippen molar-refractivity contribution >= 4 is 18.0 Å². The Balaban J connectivity index is 1.87. The zero-order valence-corrected chi connectivity index (χ0v) is 39.1. The Morgan fingerprint density at radius 2 is 1.56 bits per heavy atom. The zero-order chi connectivity index (χ0) is 46.3. The molecule has 0 amide bonds. The number of hydrogen-bond donors (Lipinski definition) is 4. The number of esters is 1. The molecule has 0 spiro atoms. The second-order valence-corrected chi connectivity index (χ2v) is 18.8. The van der Waals surface area contributed by atoms with Crippen molar-refractivity contribution in [3.63, 3.8) is 0 Å². The highest BCUT2D eigenvalue weighted by molar-refractivity contribution is 5.83. The van der Waals surface area contributed by atoms with Gasteiger partial charge in [0.25, 0.3) is 0 Å². The van der Waals surface area contributed by atoms with E-state index in [-0.39, 0.29) is 50.4 Å². The Labute approximate surface area is 368 Å². The summed E-state index contributed by atoms with van der Waals surface area (Å²) < 4.78 is 45.0. The van der Waals surface area contributed by atoms with Gasteiger partial charge in [0, 0.05) is 37.3 Å². The number of carbonyl (C=O) groups is 2. The van der Waals surface area contributed by atoms with Gasteiger partial charge < -0.3 is 63.3 Å². The Bertz CT molecular complexity index is 1600. The van der Waals surface area contributed by atoms with Crippen molar-refractivity contribution in [2.45, 2.75) is 186 Å². The van der Waals surface area contributed by atoms with Crippen molar-refractivity contribution in [2.75, 3.05) is 27.8 Å². The lowest BCUT2D eigenvalue weighted by Crippen LogP contribution is -2.61. The van der Waals surface area contributed by atoms with Crippen LogP contribution in [-0.2, 0) is 54.2 Å². The summed E-state index contributed by atoms with van der Waals surface area (Å²) in [7, 11) is 5.24. The molecule has 3 aliphatic rings. The molecular weight excluding hydrogens is 805 g/mol. The lowest BCUT2D eigenvalue weighted by molar-refractivity contribution is -0.320. The molecule has 16 nitrogen and oxygen atoms in total. The standard InChI is InChI=1S/C46H76N2O14/c1-14-34-46(10,54)39(51)28(4)36(49)26(2)23-45(9,56-21-20-47-57-25-32-18-16-15-17-19-32)41(62-43-37(50)33(48(11)12)22-27(3)58-43)29(5)38(30(6)42(53)60-34)61-35-24-44(8,55-13)40(52)31(7)59-35/h15-20,26-31,33-35,37-41,43,50-52,54H,14,21-25H2,1-13H3/b47-20+/t26-,27-,28+,29+,30-,31+,33+,34-,35+,37-,38+,39-,40+,41-,43+,44-,45-,46-/m1/s1. The molecule has 62 heavy (non-hydrogen) atoms. The third-order valence-corrected chi connectivity index (χ3v) is 13.5. The second kappa shape index (κ2) is 22.1. The summed E-state index contributed by atoms with van der Waals surface area (Å²) in [5.74, 6) is -4.87. The number of Topliss-reactive ketones (excluding diaryl/α,β-unsaturated/α-hetero) is 1. The first kappa shape index (κ1) is 52.0. The number of ether oxygens (including phenoxy) is 7. The Morgan fingerprint density at radius 3 is 2.18 bits per heavy atom. The average Bonchev–Trinajstić information content (AvgIpc) is 3.23. The van der Waals surface area contributed by atoms with Crippen LogP contribution in [0.5, 0.6) is 0 Å². The third kappa shape index (κ3) is 12.2. The van der Waals surface area contributed by atoms with Gasteiger partial charge in [0.2, 0.25) is 0 Å². The largest absolute Gasteiger partial charge is 0.459 e. The molecule has 354 valence electrons. The molecule has 3 saturated heterocycles. The number of ketones is 1. The Hall–Kier alpha value is -2.61. The molecule has 18 atom stereocenters. The summed E-state index contributed by atoms with van der Waals surface area (Å²) in [6.45, 7) is 17.1. The van der Waals surface area contributed by atoms with Crippen molar-refractivity contribution in [3.05, 3.63) is 35.9 Å². The van der Waals surface area contributed by atoms with E-state index in [2.05, 4.69) is 5.16 Å². The second-order valence-electron chi connectivity index (χ2n) is 18.8. The van der Waals surface area contributed by atoms with Crippen LogP contribution in [0.2, 0.25) is 0 Å². The molecule has 0 bridgehead atoms. The number of aliphatic hydroxyl groups excluding tert-OH is 3. The van der Waals surface area contributed by atoms with Gasteiger partial charge in [-0.25, -0.2) is 0 Å². The fourth-order valence-corrected chi connectivity index (χ4v) is 9.52. The van der Waals surface area contributed by atoms with Gasteiger partial charge in [0.05, 0.1) is 60.5 Å². The van der Waals surface area contributed by atoms with E-state index in [1.54, 1.807) is 48.5 Å². The molecule has 1 aromatic carbocycles. The average molecular weight is 881 g/mol. The fraction of sp³-hybridized carbons (Fsp3) is 0.804. The Morgan fingerprint density at radius 1 is 0.903 bits per heavy atom. The molecular formula is C46H76N2O14. The maximum absolute atomic E-state index is 14.4. The van der Waals surface area contributed by atoms with Crippen LogP contribution in [0, 0.1) is 23.7 Å². The molecule has 16 heteroatoms. The van der Waals surface area contributed by atoms with Gasteiger partial charge in [0.1, 0.15) is 36.3 Å². The highest BCUT2D eigenvalue weighted by Crippen LogP contribution is 2.42. The van der Waals surface area contributed by atoms with Crippen molar-refractivity contribution in [1.29, 1.82) is 0 Å². The van der Waals surface area contributed by atoms with Crippen molar-refractivity contribution in [2.24, 2.45) is 28.8 Å². The molecule has 3 fully saturated rings. The predicted molar refractivity (Wildman–Crippen MR) is 230 cm³/mol. The zero-order valence-electron chi connectivity index (χ0n) is 39.1. The van der Waals surface area contributed by atoms with Gasteiger partial charge >= 0.3 is 5.97 Å². The summed E-state index contributed by atoms with van der Waals surface area (Å²) in [6, 6.07) is 9.21. The molecule has 0 saturated carbocycles.